The normalized spacial score (nSPS) is 25.6. The Kier molecular flexibility index (Phi) is 5.00. The first-order chi connectivity index (χ1) is 13.6. The first kappa shape index (κ1) is 20.7. The molecule has 0 radical (unpaired) electrons. The van der Waals surface area contributed by atoms with Gasteiger partial charge in [-0.2, -0.15) is 0 Å². The molecule has 0 amide bonds. The Hall–Kier alpha value is -1.56. The Bertz CT molecular complexity index is 922. The summed E-state index contributed by atoms with van der Waals surface area (Å²) in [5.41, 5.74) is 14.5. The summed E-state index contributed by atoms with van der Waals surface area (Å²) in [6.07, 6.45) is 10.2. The predicted molar refractivity (Wildman–Crippen MR) is 127 cm³/mol. The molecular formula is C29H40. The van der Waals surface area contributed by atoms with Gasteiger partial charge in [-0.05, 0) is 112 Å². The molecule has 0 spiro atoms. The van der Waals surface area contributed by atoms with Crippen LogP contribution >= 0.6 is 0 Å². The van der Waals surface area contributed by atoms with E-state index in [0.29, 0.717) is 5.92 Å². The second-order valence-electron chi connectivity index (χ2n) is 10.9. The highest BCUT2D eigenvalue weighted by molar-refractivity contribution is 5.71. The van der Waals surface area contributed by atoms with Gasteiger partial charge in [0.15, 0.2) is 0 Å². The minimum Gasteiger partial charge on any atom is -0.0627 e. The third-order valence-corrected chi connectivity index (χ3v) is 8.91. The molecule has 3 aliphatic carbocycles. The fourth-order valence-corrected chi connectivity index (χ4v) is 6.74. The van der Waals surface area contributed by atoms with Gasteiger partial charge in [-0.15, -0.1) is 0 Å². The van der Waals surface area contributed by atoms with Crippen LogP contribution in [-0.4, -0.2) is 0 Å². The summed E-state index contributed by atoms with van der Waals surface area (Å²) in [4.78, 5) is 0. The maximum absolute atomic E-state index is 2.63. The summed E-state index contributed by atoms with van der Waals surface area (Å²) in [7, 11) is 0. The lowest BCUT2D eigenvalue weighted by Gasteiger charge is -2.43. The third-order valence-electron chi connectivity index (χ3n) is 8.91. The van der Waals surface area contributed by atoms with E-state index in [1.807, 2.05) is 0 Å². The fraction of sp³-hybridized carbons (Fsp3) is 0.586. The Morgan fingerprint density at radius 1 is 0.862 bits per heavy atom. The highest BCUT2D eigenvalue weighted by Crippen LogP contribution is 2.59. The number of rotatable bonds is 4. The van der Waals surface area contributed by atoms with Crippen LogP contribution in [0.1, 0.15) is 103 Å². The summed E-state index contributed by atoms with van der Waals surface area (Å²) < 4.78 is 0. The molecule has 1 atom stereocenters. The van der Waals surface area contributed by atoms with E-state index in [1.54, 1.807) is 33.4 Å². The lowest BCUT2D eigenvalue weighted by atomic mass is 9.60. The Morgan fingerprint density at radius 3 is 1.97 bits per heavy atom. The van der Waals surface area contributed by atoms with Gasteiger partial charge in [0, 0.05) is 10.8 Å². The van der Waals surface area contributed by atoms with Crippen molar-refractivity contribution in [3.8, 4) is 0 Å². The van der Waals surface area contributed by atoms with Crippen molar-refractivity contribution >= 4 is 6.08 Å². The highest BCUT2D eigenvalue weighted by atomic mass is 14.5. The van der Waals surface area contributed by atoms with E-state index in [2.05, 4.69) is 73.6 Å². The van der Waals surface area contributed by atoms with E-state index in [0.717, 1.165) is 0 Å². The molecule has 1 unspecified atom stereocenters. The van der Waals surface area contributed by atoms with Crippen molar-refractivity contribution in [2.45, 2.75) is 99.3 Å². The molecule has 0 aliphatic heterocycles. The molecule has 1 aromatic rings. The van der Waals surface area contributed by atoms with E-state index in [1.165, 1.54) is 55.2 Å². The quantitative estimate of drug-likeness (QED) is 0.486. The molecule has 0 heteroatoms. The molecule has 0 saturated heterocycles. The van der Waals surface area contributed by atoms with Crippen LogP contribution in [0.3, 0.4) is 0 Å². The van der Waals surface area contributed by atoms with Gasteiger partial charge in [-0.3, -0.25) is 0 Å². The van der Waals surface area contributed by atoms with Gasteiger partial charge in [0.25, 0.3) is 0 Å². The van der Waals surface area contributed by atoms with E-state index >= 15 is 0 Å². The summed E-state index contributed by atoms with van der Waals surface area (Å²) in [6, 6.07) is 5.18. The van der Waals surface area contributed by atoms with Crippen LogP contribution in [0.15, 0.2) is 40.0 Å². The van der Waals surface area contributed by atoms with Gasteiger partial charge in [-0.1, -0.05) is 55.7 Å². The molecule has 0 heterocycles. The molecule has 0 nitrogen and oxygen atoms in total. The predicted octanol–water partition coefficient (Wildman–Crippen LogP) is 8.35. The monoisotopic (exact) mass is 388 g/mol. The van der Waals surface area contributed by atoms with Gasteiger partial charge in [0.2, 0.25) is 0 Å². The van der Waals surface area contributed by atoms with Gasteiger partial charge in [0.1, 0.15) is 0 Å². The summed E-state index contributed by atoms with van der Waals surface area (Å²) in [5.74, 6) is 0.682. The van der Waals surface area contributed by atoms with Crippen LogP contribution < -0.4 is 0 Å². The highest BCUT2D eigenvalue weighted by Gasteiger charge is 2.48. The zero-order chi connectivity index (χ0) is 21.1. The van der Waals surface area contributed by atoms with Gasteiger partial charge < -0.3 is 0 Å². The van der Waals surface area contributed by atoms with E-state index in [9.17, 15) is 0 Å². The second-order valence-corrected chi connectivity index (χ2v) is 10.9. The average molecular weight is 389 g/mol. The Balaban J connectivity index is 1.88. The first-order valence-electron chi connectivity index (χ1n) is 11.8. The summed E-state index contributed by atoms with van der Waals surface area (Å²) in [6.45, 7) is 19.2. The lowest BCUT2D eigenvalue weighted by molar-refractivity contribution is 0.284. The maximum atomic E-state index is 2.63. The maximum Gasteiger partial charge on any atom is 0.0182 e. The van der Waals surface area contributed by atoms with Crippen molar-refractivity contribution in [2.24, 2.45) is 11.3 Å². The van der Waals surface area contributed by atoms with Crippen LogP contribution in [0.25, 0.3) is 6.08 Å². The Labute approximate surface area is 179 Å². The zero-order valence-electron chi connectivity index (χ0n) is 20.1. The molecule has 0 bridgehead atoms. The third kappa shape index (κ3) is 3.01. The lowest BCUT2D eigenvalue weighted by Crippen LogP contribution is -2.36. The van der Waals surface area contributed by atoms with Gasteiger partial charge in [0.05, 0.1) is 0 Å². The van der Waals surface area contributed by atoms with E-state index in [-0.39, 0.29) is 10.8 Å². The van der Waals surface area contributed by atoms with Crippen molar-refractivity contribution < 1.29 is 0 Å². The van der Waals surface area contributed by atoms with Crippen LogP contribution in [-0.2, 0) is 18.3 Å². The van der Waals surface area contributed by atoms with Crippen molar-refractivity contribution in [1.29, 1.82) is 0 Å². The number of allylic oxidation sites excluding steroid dienone is 5. The van der Waals surface area contributed by atoms with Crippen LogP contribution in [0.4, 0.5) is 0 Å². The zero-order valence-corrected chi connectivity index (χ0v) is 20.1. The number of benzene rings is 1. The van der Waals surface area contributed by atoms with Gasteiger partial charge >= 0.3 is 0 Å². The van der Waals surface area contributed by atoms with E-state index in [4.69, 9.17) is 0 Å². The molecule has 0 fully saturated rings. The van der Waals surface area contributed by atoms with Crippen LogP contribution in [0.2, 0.25) is 0 Å². The molecule has 0 N–H and O–H groups in total. The van der Waals surface area contributed by atoms with Crippen molar-refractivity contribution in [3.05, 3.63) is 62.3 Å². The number of hydrogen-bond donors (Lipinski definition) is 0. The van der Waals surface area contributed by atoms with Crippen molar-refractivity contribution in [3.63, 3.8) is 0 Å². The van der Waals surface area contributed by atoms with Crippen molar-refractivity contribution in [2.75, 3.05) is 0 Å². The number of aryl methyl sites for hydroxylation is 2. The fourth-order valence-electron chi connectivity index (χ4n) is 6.74. The van der Waals surface area contributed by atoms with Crippen LogP contribution in [0, 0.1) is 11.3 Å². The minimum atomic E-state index is 0.162. The van der Waals surface area contributed by atoms with Gasteiger partial charge in [-0.25, -0.2) is 0 Å². The smallest absolute Gasteiger partial charge is 0.0182 e. The molecule has 156 valence electrons. The second kappa shape index (κ2) is 7.00. The molecule has 0 aromatic heterocycles. The standard InChI is InChI=1S/C29H40/c1-18(2)16-29(17-28(8)22(6)20(4)21(5)23(28)7)19(3)13-26-14-24-11-9-10-12-25(24)15-27(26)29/h13-15,18H,9-12,16-17H2,1-8H3. The molecule has 3 aliphatic rings. The van der Waals surface area contributed by atoms with Crippen LogP contribution in [0.5, 0.6) is 0 Å². The number of hydrogen-bond acceptors (Lipinski definition) is 0. The first-order valence-corrected chi connectivity index (χ1v) is 11.8. The van der Waals surface area contributed by atoms with Crippen molar-refractivity contribution in [1.82, 2.24) is 0 Å². The molecule has 4 rings (SSSR count). The summed E-state index contributed by atoms with van der Waals surface area (Å²) >= 11 is 0. The average Bonchev–Trinajstić information content (AvgIpc) is 3.00. The summed E-state index contributed by atoms with van der Waals surface area (Å²) in [5, 5.41) is 0. The Morgan fingerprint density at radius 2 is 1.41 bits per heavy atom. The molecule has 0 saturated carbocycles. The minimum absolute atomic E-state index is 0.162. The molecule has 29 heavy (non-hydrogen) atoms. The topological polar surface area (TPSA) is 0 Å². The van der Waals surface area contributed by atoms with E-state index < -0.39 is 0 Å². The molecular weight excluding hydrogens is 348 g/mol. The molecule has 1 aromatic carbocycles. The largest absolute Gasteiger partial charge is 0.0627 e. The number of fused-ring (bicyclic) bond motifs is 2. The SMILES string of the molecule is CC1=Cc2cc3c(cc2C1(CC(C)C)CC1(C)C(C)=C(C)C(C)=C1C)CCCC3.